The van der Waals surface area contributed by atoms with Crippen molar-refractivity contribution in [3.05, 3.63) is 81.5 Å². The molecule has 3 rings (SSSR count). The summed E-state index contributed by atoms with van der Waals surface area (Å²) in [6.45, 7) is 1.45. The van der Waals surface area contributed by atoms with E-state index < -0.39 is 38.9 Å². The van der Waals surface area contributed by atoms with Crippen molar-refractivity contribution >= 4 is 15.7 Å². The predicted molar refractivity (Wildman–Crippen MR) is 103 cm³/mol. The van der Waals surface area contributed by atoms with Crippen molar-refractivity contribution in [2.24, 2.45) is 7.05 Å². The molecule has 0 saturated heterocycles. The van der Waals surface area contributed by atoms with Gasteiger partial charge >= 0.3 is 6.18 Å². The molecular formula is C19H17F4N3O3S. The van der Waals surface area contributed by atoms with Crippen molar-refractivity contribution < 1.29 is 26.0 Å². The quantitative estimate of drug-likeness (QED) is 0.613. The fourth-order valence-corrected chi connectivity index (χ4v) is 4.20. The molecule has 0 fully saturated rings. The van der Waals surface area contributed by atoms with Crippen molar-refractivity contribution in [2.45, 2.75) is 18.9 Å². The summed E-state index contributed by atoms with van der Waals surface area (Å²) in [5, 5.41) is 0. The average Bonchev–Trinajstić information content (AvgIpc) is 2.84. The smallest absolute Gasteiger partial charge is 0.283 e. The second-order valence-corrected chi connectivity index (χ2v) is 8.36. The Morgan fingerprint density at radius 3 is 2.37 bits per heavy atom. The molecule has 0 aliphatic carbocycles. The topological polar surface area (TPSA) is 73.1 Å². The van der Waals surface area contributed by atoms with E-state index in [-0.39, 0.29) is 22.6 Å². The average molecular weight is 443 g/mol. The largest absolute Gasteiger partial charge is 0.416 e. The Balaban J connectivity index is 2.00. The van der Waals surface area contributed by atoms with Crippen molar-refractivity contribution in [2.75, 3.05) is 4.72 Å². The molecule has 0 bridgehead atoms. The van der Waals surface area contributed by atoms with Gasteiger partial charge in [0.25, 0.3) is 5.56 Å². The minimum absolute atomic E-state index is 0.0731. The van der Waals surface area contributed by atoms with Crippen LogP contribution in [0.5, 0.6) is 0 Å². The number of halogens is 4. The Morgan fingerprint density at radius 1 is 1.07 bits per heavy atom. The van der Waals surface area contributed by atoms with Crippen LogP contribution in [0.2, 0.25) is 0 Å². The lowest BCUT2D eigenvalue weighted by molar-refractivity contribution is -0.137. The number of alkyl halides is 3. The van der Waals surface area contributed by atoms with Gasteiger partial charge in [0, 0.05) is 7.05 Å². The van der Waals surface area contributed by atoms with Gasteiger partial charge < -0.3 is 0 Å². The summed E-state index contributed by atoms with van der Waals surface area (Å²) in [4.78, 5) is 12.8. The van der Waals surface area contributed by atoms with Crippen LogP contribution in [0.3, 0.4) is 0 Å². The van der Waals surface area contributed by atoms with E-state index in [0.29, 0.717) is 0 Å². The van der Waals surface area contributed by atoms with Gasteiger partial charge in [-0.25, -0.2) is 17.5 Å². The number of rotatable bonds is 5. The minimum Gasteiger partial charge on any atom is -0.283 e. The first kappa shape index (κ1) is 21.6. The monoisotopic (exact) mass is 443 g/mol. The fraction of sp³-hybridized carbons (Fsp3) is 0.211. The van der Waals surface area contributed by atoms with Gasteiger partial charge in [-0.05, 0) is 42.8 Å². The van der Waals surface area contributed by atoms with Crippen LogP contribution in [0.4, 0.5) is 23.2 Å². The van der Waals surface area contributed by atoms with Crippen molar-refractivity contribution in [3.8, 4) is 5.69 Å². The molecule has 1 N–H and O–H groups in total. The minimum atomic E-state index is -4.60. The highest BCUT2D eigenvalue weighted by atomic mass is 32.2. The highest BCUT2D eigenvalue weighted by Crippen LogP contribution is 2.30. The second-order valence-electron chi connectivity index (χ2n) is 6.64. The molecule has 0 aliphatic rings. The lowest BCUT2D eigenvalue weighted by atomic mass is 10.2. The molecule has 1 aromatic heterocycles. The van der Waals surface area contributed by atoms with Crippen LogP contribution in [0, 0.1) is 12.7 Å². The van der Waals surface area contributed by atoms with Crippen LogP contribution in [0.1, 0.15) is 16.8 Å². The van der Waals surface area contributed by atoms with Gasteiger partial charge in [-0.15, -0.1) is 0 Å². The fourth-order valence-electron chi connectivity index (χ4n) is 2.97. The van der Waals surface area contributed by atoms with Crippen molar-refractivity contribution in [1.29, 1.82) is 0 Å². The summed E-state index contributed by atoms with van der Waals surface area (Å²) < 4.78 is 81.7. The third-order valence-corrected chi connectivity index (χ3v) is 5.70. The molecule has 30 heavy (non-hydrogen) atoms. The standard InChI is InChI=1S/C19H17F4N3O3S/c1-12-17(24-30(28,29)11-13-5-3-7-15(20)9-13)18(27)26(25(12)2)16-8-4-6-14(10-16)19(21,22)23/h3-10,24H,11H2,1-2H3. The van der Waals surface area contributed by atoms with Crippen LogP contribution in [0.25, 0.3) is 5.69 Å². The summed E-state index contributed by atoms with van der Waals surface area (Å²) in [5.74, 6) is -1.19. The zero-order valence-corrected chi connectivity index (χ0v) is 16.7. The number of hydrogen-bond donors (Lipinski definition) is 1. The van der Waals surface area contributed by atoms with E-state index in [1.807, 2.05) is 0 Å². The molecule has 0 atom stereocenters. The summed E-state index contributed by atoms with van der Waals surface area (Å²) in [5.41, 5.74) is -1.78. The van der Waals surface area contributed by atoms with Crippen LogP contribution in [0.15, 0.2) is 53.3 Å². The van der Waals surface area contributed by atoms with Crippen LogP contribution < -0.4 is 10.3 Å². The lowest BCUT2D eigenvalue weighted by Gasteiger charge is -2.11. The third-order valence-electron chi connectivity index (χ3n) is 4.47. The maximum Gasteiger partial charge on any atom is 0.416 e. The van der Waals surface area contributed by atoms with E-state index in [2.05, 4.69) is 4.72 Å². The number of hydrogen-bond acceptors (Lipinski definition) is 3. The molecule has 0 aliphatic heterocycles. The van der Waals surface area contributed by atoms with Gasteiger partial charge in [-0.1, -0.05) is 18.2 Å². The van der Waals surface area contributed by atoms with E-state index in [4.69, 9.17) is 0 Å². The molecule has 0 amide bonds. The molecule has 160 valence electrons. The van der Waals surface area contributed by atoms with E-state index in [1.54, 1.807) is 0 Å². The van der Waals surface area contributed by atoms with Gasteiger partial charge in [-0.3, -0.25) is 14.2 Å². The lowest BCUT2D eigenvalue weighted by Crippen LogP contribution is -2.24. The number of aromatic nitrogens is 2. The number of sulfonamides is 1. The van der Waals surface area contributed by atoms with Crippen LogP contribution >= 0.6 is 0 Å². The SMILES string of the molecule is Cc1c(NS(=O)(=O)Cc2cccc(F)c2)c(=O)n(-c2cccc(C(F)(F)F)c2)n1C. The van der Waals surface area contributed by atoms with E-state index in [1.165, 1.54) is 42.9 Å². The third kappa shape index (κ3) is 4.40. The van der Waals surface area contributed by atoms with Crippen molar-refractivity contribution in [1.82, 2.24) is 9.36 Å². The first-order chi connectivity index (χ1) is 13.9. The molecule has 3 aromatic rings. The zero-order chi connectivity index (χ0) is 22.3. The number of nitrogens with one attached hydrogen (secondary N) is 1. The molecule has 0 unspecified atom stereocenters. The highest BCUT2D eigenvalue weighted by molar-refractivity contribution is 7.91. The first-order valence-corrected chi connectivity index (χ1v) is 10.3. The number of anilines is 1. The van der Waals surface area contributed by atoms with Crippen LogP contribution in [-0.4, -0.2) is 17.8 Å². The molecule has 0 radical (unpaired) electrons. The summed E-state index contributed by atoms with van der Waals surface area (Å²) in [7, 11) is -2.67. The molecular weight excluding hydrogens is 426 g/mol. The molecule has 0 spiro atoms. The molecule has 2 aromatic carbocycles. The van der Waals surface area contributed by atoms with Gasteiger partial charge in [-0.2, -0.15) is 13.2 Å². The molecule has 0 saturated carbocycles. The molecule has 11 heteroatoms. The van der Waals surface area contributed by atoms with E-state index in [9.17, 15) is 30.8 Å². The Morgan fingerprint density at radius 2 is 1.73 bits per heavy atom. The van der Waals surface area contributed by atoms with Gasteiger partial charge in [0.05, 0.1) is 22.7 Å². The van der Waals surface area contributed by atoms with Crippen molar-refractivity contribution in [3.63, 3.8) is 0 Å². The number of nitrogens with zero attached hydrogens (tertiary/aromatic N) is 2. The number of benzene rings is 2. The summed E-state index contributed by atoms with van der Waals surface area (Å²) >= 11 is 0. The van der Waals surface area contributed by atoms with E-state index in [0.717, 1.165) is 28.9 Å². The maximum absolute atomic E-state index is 13.3. The van der Waals surface area contributed by atoms with Gasteiger partial charge in [0.1, 0.15) is 11.5 Å². The summed E-state index contributed by atoms with van der Waals surface area (Å²) in [6.07, 6.45) is -4.60. The highest BCUT2D eigenvalue weighted by Gasteiger charge is 2.31. The van der Waals surface area contributed by atoms with Gasteiger partial charge in [0.15, 0.2) is 0 Å². The Hall–Kier alpha value is -3.08. The Labute approximate surface area is 169 Å². The van der Waals surface area contributed by atoms with E-state index >= 15 is 0 Å². The zero-order valence-electron chi connectivity index (χ0n) is 15.9. The second kappa shape index (κ2) is 7.63. The Bertz CT molecular complexity index is 1260. The first-order valence-electron chi connectivity index (χ1n) is 8.60. The van der Waals surface area contributed by atoms with Crippen LogP contribution in [-0.2, 0) is 29.0 Å². The molecule has 1 heterocycles. The summed E-state index contributed by atoms with van der Waals surface area (Å²) in [6, 6.07) is 9.12. The predicted octanol–water partition coefficient (Wildman–Crippen LogP) is 3.58. The molecule has 6 nitrogen and oxygen atoms in total. The maximum atomic E-state index is 13.3. The Kier molecular flexibility index (Phi) is 5.50. The van der Waals surface area contributed by atoms with Gasteiger partial charge in [0.2, 0.25) is 10.0 Å². The normalized spacial score (nSPS) is 12.2.